The van der Waals surface area contributed by atoms with Crippen LogP contribution < -0.4 is 20.3 Å². The molecule has 0 bridgehead atoms. The maximum absolute atomic E-state index is 12.9. The van der Waals surface area contributed by atoms with Gasteiger partial charge in [0.2, 0.25) is 0 Å². The number of hydrazine groups is 1. The quantitative estimate of drug-likeness (QED) is 0.511. The summed E-state index contributed by atoms with van der Waals surface area (Å²) >= 11 is 0. The second-order valence-electron chi connectivity index (χ2n) is 6.61. The Bertz CT molecular complexity index is 1190. The van der Waals surface area contributed by atoms with Crippen LogP contribution in [0.15, 0.2) is 77.7 Å². The highest BCUT2D eigenvalue weighted by Gasteiger charge is 2.22. The Hall–Kier alpha value is -3.85. The van der Waals surface area contributed by atoms with Crippen LogP contribution in [0.3, 0.4) is 0 Å². The number of anilines is 1. The average Bonchev–Trinajstić information content (AvgIpc) is 2.78. The van der Waals surface area contributed by atoms with Gasteiger partial charge in [-0.3, -0.25) is 25.2 Å². The van der Waals surface area contributed by atoms with Crippen molar-refractivity contribution in [3.8, 4) is 5.75 Å². The molecule has 3 aromatic rings. The first kappa shape index (κ1) is 21.8. The number of ether oxygens (including phenoxy) is 1. The number of methoxy groups -OCH3 is 1. The molecule has 31 heavy (non-hydrogen) atoms. The SMILES string of the molecule is COc1ccc(C(=O)NNC(=O)c2ccccc2)cc1S(=O)(=O)Nc1ccc(C)cc1. The lowest BCUT2D eigenvalue weighted by molar-refractivity contribution is 0.0846. The van der Waals surface area contributed by atoms with Crippen molar-refractivity contribution in [3.05, 3.63) is 89.5 Å². The van der Waals surface area contributed by atoms with E-state index in [9.17, 15) is 18.0 Å². The summed E-state index contributed by atoms with van der Waals surface area (Å²) in [5.74, 6) is -1.11. The third-order valence-electron chi connectivity index (χ3n) is 4.34. The van der Waals surface area contributed by atoms with Gasteiger partial charge in [-0.1, -0.05) is 35.9 Å². The zero-order chi connectivity index (χ0) is 22.4. The molecule has 0 aromatic heterocycles. The number of nitrogens with one attached hydrogen (secondary N) is 3. The Labute approximate surface area is 180 Å². The molecule has 0 aliphatic heterocycles. The summed E-state index contributed by atoms with van der Waals surface area (Å²) in [5.41, 5.74) is 6.32. The Kier molecular flexibility index (Phi) is 6.56. The van der Waals surface area contributed by atoms with Crippen LogP contribution in [-0.4, -0.2) is 27.3 Å². The fraction of sp³-hybridized carbons (Fsp3) is 0.0909. The minimum absolute atomic E-state index is 0.0263. The number of hydrogen-bond acceptors (Lipinski definition) is 5. The van der Waals surface area contributed by atoms with Crippen LogP contribution >= 0.6 is 0 Å². The Morgan fingerprint density at radius 1 is 0.806 bits per heavy atom. The fourth-order valence-electron chi connectivity index (χ4n) is 2.71. The van der Waals surface area contributed by atoms with Crippen molar-refractivity contribution in [3.63, 3.8) is 0 Å². The second-order valence-corrected chi connectivity index (χ2v) is 8.26. The van der Waals surface area contributed by atoms with Crippen LogP contribution in [0.4, 0.5) is 5.69 Å². The first-order valence-corrected chi connectivity index (χ1v) is 10.7. The number of hydrogen-bond donors (Lipinski definition) is 3. The van der Waals surface area contributed by atoms with E-state index in [2.05, 4.69) is 15.6 Å². The van der Waals surface area contributed by atoms with E-state index in [-0.39, 0.29) is 16.2 Å². The van der Waals surface area contributed by atoms with Gasteiger partial charge in [0.25, 0.3) is 21.8 Å². The summed E-state index contributed by atoms with van der Waals surface area (Å²) in [6.45, 7) is 1.89. The van der Waals surface area contributed by atoms with Gasteiger partial charge in [0.05, 0.1) is 7.11 Å². The van der Waals surface area contributed by atoms with E-state index in [4.69, 9.17) is 4.74 Å². The molecule has 9 heteroatoms. The molecule has 0 atom stereocenters. The maximum Gasteiger partial charge on any atom is 0.269 e. The third kappa shape index (κ3) is 5.40. The van der Waals surface area contributed by atoms with E-state index in [0.29, 0.717) is 11.3 Å². The van der Waals surface area contributed by atoms with Crippen molar-refractivity contribution < 1.29 is 22.7 Å². The zero-order valence-corrected chi connectivity index (χ0v) is 17.7. The summed E-state index contributed by atoms with van der Waals surface area (Å²) in [6.07, 6.45) is 0. The van der Waals surface area contributed by atoms with Crippen LogP contribution in [0.25, 0.3) is 0 Å². The standard InChI is InChI=1S/C22H21N3O5S/c1-15-8-11-18(12-9-15)25-31(28,29)20-14-17(10-13-19(20)30-2)22(27)24-23-21(26)16-6-4-3-5-7-16/h3-14,25H,1-2H3,(H,23,26)(H,24,27). The summed E-state index contributed by atoms with van der Waals surface area (Å²) in [4.78, 5) is 24.3. The van der Waals surface area contributed by atoms with E-state index in [1.54, 1.807) is 54.6 Å². The number of sulfonamides is 1. The molecule has 3 rings (SSSR count). The lowest BCUT2D eigenvalue weighted by Crippen LogP contribution is -2.41. The lowest BCUT2D eigenvalue weighted by Gasteiger charge is -2.13. The smallest absolute Gasteiger partial charge is 0.269 e. The molecule has 0 heterocycles. The molecule has 3 N–H and O–H groups in total. The molecule has 0 saturated heterocycles. The number of carbonyl (C=O) groups is 2. The minimum atomic E-state index is -4.04. The monoisotopic (exact) mass is 439 g/mol. The van der Waals surface area contributed by atoms with Crippen LogP contribution in [0.2, 0.25) is 0 Å². The second kappa shape index (κ2) is 9.31. The number of amides is 2. The Morgan fingerprint density at radius 3 is 2.03 bits per heavy atom. The lowest BCUT2D eigenvalue weighted by atomic mass is 10.2. The van der Waals surface area contributed by atoms with Crippen molar-refractivity contribution >= 4 is 27.5 Å². The van der Waals surface area contributed by atoms with Gasteiger partial charge in [0.15, 0.2) is 0 Å². The van der Waals surface area contributed by atoms with E-state index in [0.717, 1.165) is 5.56 Å². The van der Waals surface area contributed by atoms with Crippen LogP contribution in [0.5, 0.6) is 5.75 Å². The first-order chi connectivity index (χ1) is 14.8. The van der Waals surface area contributed by atoms with Gasteiger partial charge < -0.3 is 4.74 Å². The summed E-state index contributed by atoms with van der Waals surface area (Å²) in [7, 11) is -2.71. The molecule has 0 saturated carbocycles. The molecule has 2 amide bonds. The molecule has 0 unspecified atom stereocenters. The molecule has 0 radical (unpaired) electrons. The van der Waals surface area contributed by atoms with Crippen LogP contribution in [0, 0.1) is 6.92 Å². The fourth-order valence-corrected chi connectivity index (χ4v) is 3.96. The highest BCUT2D eigenvalue weighted by molar-refractivity contribution is 7.92. The number of rotatable bonds is 6. The van der Waals surface area contributed by atoms with Gasteiger partial charge in [-0.05, 0) is 49.4 Å². The van der Waals surface area contributed by atoms with Gasteiger partial charge in [-0.25, -0.2) is 8.42 Å². The van der Waals surface area contributed by atoms with E-state index in [1.807, 2.05) is 6.92 Å². The largest absolute Gasteiger partial charge is 0.495 e. The topological polar surface area (TPSA) is 114 Å². The first-order valence-electron chi connectivity index (χ1n) is 9.23. The summed E-state index contributed by atoms with van der Waals surface area (Å²) in [5, 5.41) is 0. The van der Waals surface area contributed by atoms with E-state index in [1.165, 1.54) is 25.3 Å². The average molecular weight is 439 g/mol. The maximum atomic E-state index is 12.9. The van der Waals surface area contributed by atoms with Gasteiger partial charge >= 0.3 is 0 Å². The van der Waals surface area contributed by atoms with E-state index < -0.39 is 21.8 Å². The van der Waals surface area contributed by atoms with Crippen molar-refractivity contribution in [1.29, 1.82) is 0 Å². The van der Waals surface area contributed by atoms with Gasteiger partial charge in [0, 0.05) is 16.8 Å². The van der Waals surface area contributed by atoms with Crippen LogP contribution in [0.1, 0.15) is 26.3 Å². The van der Waals surface area contributed by atoms with Gasteiger partial charge in [-0.15, -0.1) is 0 Å². The molecule has 0 aliphatic rings. The van der Waals surface area contributed by atoms with Crippen molar-refractivity contribution in [2.45, 2.75) is 11.8 Å². The molecule has 8 nitrogen and oxygen atoms in total. The molecule has 0 spiro atoms. The van der Waals surface area contributed by atoms with Crippen LogP contribution in [-0.2, 0) is 10.0 Å². The predicted octanol–water partition coefficient (Wildman–Crippen LogP) is 2.88. The molecule has 160 valence electrons. The van der Waals surface area contributed by atoms with E-state index >= 15 is 0 Å². The highest BCUT2D eigenvalue weighted by atomic mass is 32.2. The zero-order valence-electron chi connectivity index (χ0n) is 16.9. The normalized spacial score (nSPS) is 10.8. The molecular weight excluding hydrogens is 418 g/mol. The van der Waals surface area contributed by atoms with Gasteiger partial charge in [0.1, 0.15) is 10.6 Å². The summed E-state index contributed by atoms with van der Waals surface area (Å²) in [6, 6.07) is 19.1. The number of carbonyl (C=O) groups excluding carboxylic acids is 2. The Morgan fingerprint density at radius 2 is 1.42 bits per heavy atom. The number of benzene rings is 3. The molecular formula is C22H21N3O5S. The third-order valence-corrected chi connectivity index (χ3v) is 5.75. The minimum Gasteiger partial charge on any atom is -0.495 e. The molecule has 0 aliphatic carbocycles. The Balaban J connectivity index is 1.80. The predicted molar refractivity (Wildman–Crippen MR) is 116 cm³/mol. The molecule has 0 fully saturated rings. The van der Waals surface area contributed by atoms with Crippen molar-refractivity contribution in [2.75, 3.05) is 11.8 Å². The number of aryl methyl sites for hydroxylation is 1. The van der Waals surface area contributed by atoms with Gasteiger partial charge in [-0.2, -0.15) is 0 Å². The molecule has 3 aromatic carbocycles. The highest BCUT2D eigenvalue weighted by Crippen LogP contribution is 2.27. The van der Waals surface area contributed by atoms with Crippen molar-refractivity contribution in [2.24, 2.45) is 0 Å². The van der Waals surface area contributed by atoms with Crippen molar-refractivity contribution in [1.82, 2.24) is 10.9 Å². The summed E-state index contributed by atoms with van der Waals surface area (Å²) < 4.78 is 33.4.